The molecule has 4 aromatic rings. The highest BCUT2D eigenvalue weighted by molar-refractivity contribution is 7.13. The highest BCUT2D eigenvalue weighted by Gasteiger charge is 2.08. The van der Waals surface area contributed by atoms with Crippen molar-refractivity contribution in [1.29, 1.82) is 0 Å². The molecule has 33 heavy (non-hydrogen) atoms. The molecule has 0 aliphatic heterocycles. The SMILES string of the molecule is CCCc1ccc(OCC(=O)NCc2ccc(-c3nc(-c4ccc(C)cc4)cs3)cc2)cc1. The summed E-state index contributed by atoms with van der Waals surface area (Å²) in [7, 11) is 0. The molecule has 4 nitrogen and oxygen atoms in total. The lowest BCUT2D eigenvalue weighted by atomic mass is 10.1. The van der Waals surface area contributed by atoms with Crippen LogP contribution in [0.25, 0.3) is 21.8 Å². The van der Waals surface area contributed by atoms with Gasteiger partial charge in [-0.1, -0.05) is 79.6 Å². The first-order chi connectivity index (χ1) is 16.1. The first-order valence-corrected chi connectivity index (χ1v) is 12.1. The van der Waals surface area contributed by atoms with E-state index in [0.29, 0.717) is 12.3 Å². The van der Waals surface area contributed by atoms with E-state index in [1.54, 1.807) is 11.3 Å². The van der Waals surface area contributed by atoms with Gasteiger partial charge in [0.05, 0.1) is 5.69 Å². The Balaban J connectivity index is 1.27. The Bertz CT molecular complexity index is 1180. The number of hydrogen-bond acceptors (Lipinski definition) is 4. The molecule has 0 saturated heterocycles. The molecule has 0 aliphatic rings. The Morgan fingerprint density at radius 3 is 2.27 bits per heavy atom. The van der Waals surface area contributed by atoms with Crippen LogP contribution >= 0.6 is 11.3 Å². The quantitative estimate of drug-likeness (QED) is 0.316. The molecule has 1 amide bonds. The third-order valence-electron chi connectivity index (χ3n) is 5.37. The number of ether oxygens (including phenoxy) is 1. The Morgan fingerprint density at radius 2 is 1.58 bits per heavy atom. The van der Waals surface area contributed by atoms with Crippen LogP contribution in [0.1, 0.15) is 30.0 Å². The van der Waals surface area contributed by atoms with Crippen LogP contribution in [-0.4, -0.2) is 17.5 Å². The summed E-state index contributed by atoms with van der Waals surface area (Å²) in [6, 6.07) is 24.5. The van der Waals surface area contributed by atoms with Crippen molar-refractivity contribution in [1.82, 2.24) is 10.3 Å². The van der Waals surface area contributed by atoms with Crippen LogP contribution in [0.5, 0.6) is 5.75 Å². The summed E-state index contributed by atoms with van der Waals surface area (Å²) in [5.41, 5.74) is 6.74. The molecule has 0 aliphatic carbocycles. The van der Waals surface area contributed by atoms with E-state index in [2.05, 4.69) is 48.8 Å². The molecule has 0 radical (unpaired) electrons. The van der Waals surface area contributed by atoms with E-state index in [1.165, 1.54) is 11.1 Å². The molecule has 168 valence electrons. The van der Waals surface area contributed by atoms with Crippen molar-refractivity contribution in [2.75, 3.05) is 6.61 Å². The second kappa shape index (κ2) is 10.9. The highest BCUT2D eigenvalue weighted by atomic mass is 32.1. The summed E-state index contributed by atoms with van der Waals surface area (Å²) in [5, 5.41) is 5.99. The van der Waals surface area contributed by atoms with E-state index >= 15 is 0 Å². The zero-order chi connectivity index (χ0) is 23.0. The minimum absolute atomic E-state index is 0.00606. The zero-order valence-corrected chi connectivity index (χ0v) is 19.8. The maximum Gasteiger partial charge on any atom is 0.258 e. The molecular formula is C28H28N2O2S. The first-order valence-electron chi connectivity index (χ1n) is 11.2. The molecule has 5 heteroatoms. The Morgan fingerprint density at radius 1 is 0.909 bits per heavy atom. The van der Waals surface area contributed by atoms with Crippen molar-refractivity contribution in [2.24, 2.45) is 0 Å². The van der Waals surface area contributed by atoms with E-state index in [4.69, 9.17) is 9.72 Å². The van der Waals surface area contributed by atoms with Gasteiger partial charge in [-0.05, 0) is 36.6 Å². The van der Waals surface area contributed by atoms with Gasteiger partial charge in [0.25, 0.3) is 5.91 Å². The first kappa shape index (κ1) is 22.7. The van der Waals surface area contributed by atoms with Crippen molar-refractivity contribution in [2.45, 2.75) is 33.2 Å². The predicted molar refractivity (Wildman–Crippen MR) is 136 cm³/mol. The molecule has 0 fully saturated rings. The fourth-order valence-corrected chi connectivity index (χ4v) is 4.31. The number of aryl methyl sites for hydroxylation is 2. The number of thiazole rings is 1. The fourth-order valence-electron chi connectivity index (χ4n) is 3.47. The standard InChI is InChI=1S/C28H28N2O2S/c1-3-4-21-9-15-25(16-10-21)32-18-27(31)29-17-22-7-13-24(14-8-22)28-30-26(19-33-28)23-11-5-20(2)6-12-23/h5-16,19H,3-4,17-18H2,1-2H3,(H,29,31). The van der Waals surface area contributed by atoms with Crippen LogP contribution in [0.15, 0.2) is 78.2 Å². The van der Waals surface area contributed by atoms with Gasteiger partial charge in [-0.2, -0.15) is 0 Å². The Labute approximate surface area is 199 Å². The third kappa shape index (κ3) is 6.30. The number of carbonyl (C=O) groups excluding carboxylic acids is 1. The Hall–Kier alpha value is -3.44. The highest BCUT2D eigenvalue weighted by Crippen LogP contribution is 2.29. The monoisotopic (exact) mass is 456 g/mol. The molecule has 0 unspecified atom stereocenters. The Kier molecular flexibility index (Phi) is 7.53. The molecular weight excluding hydrogens is 428 g/mol. The van der Waals surface area contributed by atoms with Gasteiger partial charge < -0.3 is 10.1 Å². The largest absolute Gasteiger partial charge is 0.484 e. The summed E-state index contributed by atoms with van der Waals surface area (Å²) >= 11 is 1.64. The van der Waals surface area contributed by atoms with Gasteiger partial charge in [-0.25, -0.2) is 4.98 Å². The molecule has 0 spiro atoms. The van der Waals surface area contributed by atoms with Crippen molar-refractivity contribution in [3.05, 3.63) is 94.9 Å². The lowest BCUT2D eigenvalue weighted by Gasteiger charge is -2.08. The molecule has 0 bridgehead atoms. The van der Waals surface area contributed by atoms with Crippen molar-refractivity contribution < 1.29 is 9.53 Å². The number of rotatable bonds is 9. The predicted octanol–water partition coefficient (Wildman–Crippen LogP) is 6.43. The molecule has 0 atom stereocenters. The minimum atomic E-state index is -0.139. The molecule has 1 aromatic heterocycles. The molecule has 4 rings (SSSR count). The second-order valence-corrected chi connectivity index (χ2v) is 8.92. The number of nitrogens with one attached hydrogen (secondary N) is 1. The maximum absolute atomic E-state index is 12.2. The summed E-state index contributed by atoms with van der Waals surface area (Å²) in [6.07, 6.45) is 2.16. The summed E-state index contributed by atoms with van der Waals surface area (Å²) in [6.45, 7) is 4.71. The van der Waals surface area contributed by atoms with Crippen LogP contribution in [0.4, 0.5) is 0 Å². The fraction of sp³-hybridized carbons (Fsp3) is 0.214. The number of aromatic nitrogens is 1. The zero-order valence-electron chi connectivity index (χ0n) is 19.0. The third-order valence-corrected chi connectivity index (χ3v) is 6.27. The van der Waals surface area contributed by atoms with Gasteiger partial charge in [0.15, 0.2) is 6.61 Å². The average Bonchev–Trinajstić information content (AvgIpc) is 3.34. The lowest BCUT2D eigenvalue weighted by molar-refractivity contribution is -0.123. The number of hydrogen-bond donors (Lipinski definition) is 1. The van der Waals surface area contributed by atoms with Crippen molar-refractivity contribution in [3.63, 3.8) is 0 Å². The van der Waals surface area contributed by atoms with E-state index < -0.39 is 0 Å². The number of amides is 1. The van der Waals surface area contributed by atoms with Crippen LogP contribution in [0, 0.1) is 6.92 Å². The smallest absolute Gasteiger partial charge is 0.258 e. The topological polar surface area (TPSA) is 51.2 Å². The van der Waals surface area contributed by atoms with Gasteiger partial charge >= 0.3 is 0 Å². The molecule has 1 heterocycles. The van der Waals surface area contributed by atoms with Gasteiger partial charge in [-0.3, -0.25) is 4.79 Å². The van der Waals surface area contributed by atoms with E-state index in [9.17, 15) is 4.79 Å². The van der Waals surface area contributed by atoms with E-state index in [0.717, 1.165) is 40.2 Å². The maximum atomic E-state index is 12.2. The molecule has 3 aromatic carbocycles. The van der Waals surface area contributed by atoms with Crippen LogP contribution < -0.4 is 10.1 Å². The van der Waals surface area contributed by atoms with Crippen LogP contribution in [0.2, 0.25) is 0 Å². The van der Waals surface area contributed by atoms with Gasteiger partial charge in [0.2, 0.25) is 0 Å². The summed E-state index contributed by atoms with van der Waals surface area (Å²) in [4.78, 5) is 16.9. The molecule has 0 saturated carbocycles. The van der Waals surface area contributed by atoms with Crippen LogP contribution in [-0.2, 0) is 17.8 Å². The second-order valence-electron chi connectivity index (χ2n) is 8.06. The average molecular weight is 457 g/mol. The number of nitrogens with zero attached hydrogens (tertiary/aromatic N) is 1. The normalized spacial score (nSPS) is 10.7. The van der Waals surface area contributed by atoms with E-state index in [1.807, 2.05) is 48.5 Å². The van der Waals surface area contributed by atoms with Gasteiger partial charge in [0.1, 0.15) is 10.8 Å². The summed E-state index contributed by atoms with van der Waals surface area (Å²) < 4.78 is 5.59. The van der Waals surface area contributed by atoms with Gasteiger partial charge in [-0.15, -0.1) is 11.3 Å². The summed E-state index contributed by atoms with van der Waals surface area (Å²) in [5.74, 6) is 0.571. The lowest BCUT2D eigenvalue weighted by Crippen LogP contribution is -2.28. The minimum Gasteiger partial charge on any atom is -0.484 e. The van der Waals surface area contributed by atoms with Crippen molar-refractivity contribution in [3.8, 4) is 27.6 Å². The number of benzene rings is 3. The van der Waals surface area contributed by atoms with Crippen molar-refractivity contribution >= 4 is 17.2 Å². The molecule has 1 N–H and O–H groups in total. The van der Waals surface area contributed by atoms with Crippen LogP contribution in [0.3, 0.4) is 0 Å². The number of carbonyl (C=O) groups is 1. The van der Waals surface area contributed by atoms with E-state index in [-0.39, 0.29) is 12.5 Å². The van der Waals surface area contributed by atoms with Gasteiger partial charge in [0, 0.05) is 23.1 Å².